The number of aliphatic hydroxyl groups is 1. The van der Waals surface area contributed by atoms with Crippen LogP contribution in [0, 0.1) is 6.92 Å². The van der Waals surface area contributed by atoms with Crippen molar-refractivity contribution >= 4 is 5.65 Å². The van der Waals surface area contributed by atoms with Crippen molar-refractivity contribution in [3.05, 3.63) is 84.1 Å². The molecule has 1 aliphatic heterocycles. The van der Waals surface area contributed by atoms with Gasteiger partial charge in [-0.3, -0.25) is 9.88 Å². The van der Waals surface area contributed by atoms with E-state index in [0.29, 0.717) is 5.92 Å². The summed E-state index contributed by atoms with van der Waals surface area (Å²) in [4.78, 5) is 11.2. The summed E-state index contributed by atoms with van der Waals surface area (Å²) in [5, 5.41) is 15.0. The summed E-state index contributed by atoms with van der Waals surface area (Å²) in [6.45, 7) is 4.04. The summed E-state index contributed by atoms with van der Waals surface area (Å²) in [6, 6.07) is 16.4. The Labute approximate surface area is 182 Å². The van der Waals surface area contributed by atoms with Crippen molar-refractivity contribution in [2.45, 2.75) is 31.7 Å². The van der Waals surface area contributed by atoms with Crippen molar-refractivity contribution < 1.29 is 5.11 Å². The molecule has 6 heteroatoms. The monoisotopic (exact) mass is 413 g/mol. The van der Waals surface area contributed by atoms with Crippen molar-refractivity contribution in [3.8, 4) is 11.1 Å². The molecule has 2 atom stereocenters. The predicted molar refractivity (Wildman–Crippen MR) is 121 cm³/mol. The Hall–Kier alpha value is -3.09. The first kappa shape index (κ1) is 19.8. The lowest BCUT2D eigenvalue weighted by atomic mass is 9.92. The number of hydrogen-bond acceptors (Lipinski definition) is 5. The van der Waals surface area contributed by atoms with E-state index in [1.165, 1.54) is 11.3 Å². The van der Waals surface area contributed by atoms with Crippen LogP contribution in [0.5, 0.6) is 0 Å². The molecule has 4 heterocycles. The second-order valence-corrected chi connectivity index (χ2v) is 8.24. The van der Waals surface area contributed by atoms with Gasteiger partial charge in [-0.15, -0.1) is 0 Å². The molecule has 5 rings (SSSR count). The first-order chi connectivity index (χ1) is 15.3. The highest BCUT2D eigenvalue weighted by atomic mass is 16.3. The van der Waals surface area contributed by atoms with Crippen molar-refractivity contribution in [2.24, 2.45) is 0 Å². The Morgan fingerprint density at radius 3 is 2.65 bits per heavy atom. The number of nitrogens with zero attached hydrogens (tertiary/aromatic N) is 5. The number of fused-ring (bicyclic) bond motifs is 1. The quantitative estimate of drug-likeness (QED) is 0.535. The third-order valence-electron chi connectivity index (χ3n) is 6.36. The minimum atomic E-state index is 0.0214. The van der Waals surface area contributed by atoms with Gasteiger partial charge in [0.2, 0.25) is 0 Å². The van der Waals surface area contributed by atoms with Gasteiger partial charge >= 0.3 is 0 Å². The van der Waals surface area contributed by atoms with Crippen LogP contribution in [0.1, 0.15) is 41.8 Å². The highest BCUT2D eigenvalue weighted by molar-refractivity contribution is 5.79. The molecule has 1 unspecified atom stereocenters. The van der Waals surface area contributed by atoms with Gasteiger partial charge in [-0.1, -0.05) is 30.3 Å². The maximum absolute atomic E-state index is 10.2. The molecule has 1 saturated heterocycles. The van der Waals surface area contributed by atoms with Gasteiger partial charge in [0.1, 0.15) is 0 Å². The van der Waals surface area contributed by atoms with Crippen LogP contribution >= 0.6 is 0 Å². The van der Waals surface area contributed by atoms with Gasteiger partial charge in [0.15, 0.2) is 5.65 Å². The van der Waals surface area contributed by atoms with Crippen LogP contribution in [0.3, 0.4) is 0 Å². The fourth-order valence-corrected chi connectivity index (χ4v) is 4.87. The number of rotatable bonds is 5. The van der Waals surface area contributed by atoms with Crippen LogP contribution in [0.4, 0.5) is 0 Å². The lowest BCUT2D eigenvalue weighted by Gasteiger charge is -2.38. The molecule has 0 amide bonds. The number of aliphatic hydroxyl groups excluding tert-OH is 1. The zero-order chi connectivity index (χ0) is 21.2. The summed E-state index contributed by atoms with van der Waals surface area (Å²) < 4.78 is 2.02. The third kappa shape index (κ3) is 3.73. The highest BCUT2D eigenvalue weighted by Crippen LogP contribution is 2.34. The van der Waals surface area contributed by atoms with Gasteiger partial charge in [-0.25, -0.2) is 9.50 Å². The van der Waals surface area contributed by atoms with E-state index < -0.39 is 0 Å². The van der Waals surface area contributed by atoms with E-state index in [1.54, 1.807) is 12.4 Å². The maximum Gasteiger partial charge on any atom is 0.163 e. The first-order valence-electron chi connectivity index (χ1n) is 10.9. The van der Waals surface area contributed by atoms with Crippen LogP contribution in [-0.2, 0) is 0 Å². The van der Waals surface area contributed by atoms with Gasteiger partial charge < -0.3 is 5.11 Å². The SMILES string of the molecule is Cc1nn2c([C@@H]3CCCN(C(CO)c4ccccc4)C3)ccnc2c1-c1ccncc1. The second kappa shape index (κ2) is 8.57. The van der Waals surface area contributed by atoms with E-state index in [9.17, 15) is 5.11 Å². The molecule has 3 aromatic heterocycles. The number of piperidine rings is 1. The molecule has 1 fully saturated rings. The number of hydrogen-bond donors (Lipinski definition) is 1. The molecule has 0 spiro atoms. The van der Waals surface area contributed by atoms with E-state index >= 15 is 0 Å². The van der Waals surface area contributed by atoms with Crippen LogP contribution in [0.25, 0.3) is 16.8 Å². The van der Waals surface area contributed by atoms with Crippen molar-refractivity contribution in [3.63, 3.8) is 0 Å². The average Bonchev–Trinajstić information content (AvgIpc) is 3.17. The van der Waals surface area contributed by atoms with Crippen LogP contribution in [0.15, 0.2) is 67.1 Å². The second-order valence-electron chi connectivity index (χ2n) is 8.24. The van der Waals surface area contributed by atoms with Crippen molar-refractivity contribution in [1.29, 1.82) is 0 Å². The van der Waals surface area contributed by atoms with E-state index in [2.05, 4.69) is 33.1 Å². The fraction of sp³-hybridized carbons (Fsp3) is 0.320. The lowest BCUT2D eigenvalue weighted by molar-refractivity contribution is 0.0942. The molecule has 6 nitrogen and oxygen atoms in total. The summed E-state index contributed by atoms with van der Waals surface area (Å²) in [5.41, 5.74) is 6.36. The summed E-state index contributed by atoms with van der Waals surface area (Å²) in [7, 11) is 0. The van der Waals surface area contributed by atoms with E-state index in [-0.39, 0.29) is 12.6 Å². The third-order valence-corrected chi connectivity index (χ3v) is 6.36. The van der Waals surface area contributed by atoms with E-state index in [4.69, 9.17) is 5.10 Å². The number of likely N-dealkylation sites (tertiary alicyclic amines) is 1. The van der Waals surface area contributed by atoms with E-state index in [1.807, 2.05) is 48.0 Å². The van der Waals surface area contributed by atoms with Gasteiger partial charge in [0.05, 0.1) is 24.0 Å². The Balaban J connectivity index is 1.50. The first-order valence-corrected chi connectivity index (χ1v) is 10.9. The largest absolute Gasteiger partial charge is 0.394 e. The molecule has 1 aromatic carbocycles. The Kier molecular flexibility index (Phi) is 5.49. The zero-order valence-corrected chi connectivity index (χ0v) is 17.7. The van der Waals surface area contributed by atoms with Gasteiger partial charge in [-0.2, -0.15) is 5.10 Å². The summed E-state index contributed by atoms with van der Waals surface area (Å²) >= 11 is 0. The summed E-state index contributed by atoms with van der Waals surface area (Å²) in [6.07, 6.45) is 7.71. The number of aryl methyl sites for hydroxylation is 1. The van der Waals surface area contributed by atoms with Gasteiger partial charge in [0.25, 0.3) is 0 Å². The zero-order valence-electron chi connectivity index (χ0n) is 17.7. The molecular weight excluding hydrogens is 386 g/mol. The fourth-order valence-electron chi connectivity index (χ4n) is 4.87. The maximum atomic E-state index is 10.2. The number of aromatic nitrogens is 4. The standard InChI is InChI=1S/C25H27N5O/c1-18-24(20-9-12-26-13-10-20)25-27-14-11-22(30(25)28-18)21-8-5-15-29(16-21)23(17-31)19-6-3-2-4-7-19/h2-4,6-7,9-14,21,23,31H,5,8,15-17H2,1H3/t21-,23?/m1/s1. The van der Waals surface area contributed by atoms with Crippen LogP contribution < -0.4 is 0 Å². The summed E-state index contributed by atoms with van der Waals surface area (Å²) in [5.74, 6) is 0.335. The van der Waals surface area contributed by atoms with E-state index in [0.717, 1.165) is 48.4 Å². The molecule has 31 heavy (non-hydrogen) atoms. The number of benzene rings is 1. The molecule has 1 N–H and O–H groups in total. The Bertz CT molecular complexity index is 1160. The smallest absolute Gasteiger partial charge is 0.163 e. The molecule has 0 saturated carbocycles. The van der Waals surface area contributed by atoms with Crippen molar-refractivity contribution in [1.82, 2.24) is 24.5 Å². The molecule has 1 aliphatic rings. The Morgan fingerprint density at radius 2 is 1.87 bits per heavy atom. The predicted octanol–water partition coefficient (Wildman–Crippen LogP) is 4.01. The average molecular weight is 414 g/mol. The molecule has 0 radical (unpaired) electrons. The van der Waals surface area contributed by atoms with Crippen LogP contribution in [-0.4, -0.2) is 49.3 Å². The highest BCUT2D eigenvalue weighted by Gasteiger charge is 2.29. The molecule has 0 bridgehead atoms. The van der Waals surface area contributed by atoms with Gasteiger partial charge in [0, 0.05) is 36.6 Å². The number of pyridine rings is 1. The Morgan fingerprint density at radius 1 is 1.06 bits per heavy atom. The lowest BCUT2D eigenvalue weighted by Crippen LogP contribution is -2.39. The van der Waals surface area contributed by atoms with Gasteiger partial charge in [-0.05, 0) is 55.6 Å². The molecule has 158 valence electrons. The topological polar surface area (TPSA) is 66.5 Å². The minimum Gasteiger partial charge on any atom is -0.394 e. The molecule has 4 aromatic rings. The normalized spacial score (nSPS) is 18.3. The minimum absolute atomic E-state index is 0.0214. The van der Waals surface area contributed by atoms with Crippen molar-refractivity contribution in [2.75, 3.05) is 19.7 Å². The molecular formula is C25H27N5O. The van der Waals surface area contributed by atoms with Crippen LogP contribution in [0.2, 0.25) is 0 Å². The molecule has 0 aliphatic carbocycles.